The summed E-state index contributed by atoms with van der Waals surface area (Å²) in [6.45, 7) is 13.4. The maximum atomic E-state index is 5.86. The Morgan fingerprint density at radius 1 is 1.27 bits per heavy atom. The van der Waals surface area contributed by atoms with Crippen LogP contribution in [-0.4, -0.2) is 24.2 Å². The number of benzene rings is 1. The molecule has 0 spiro atoms. The van der Waals surface area contributed by atoms with Gasteiger partial charge in [-0.1, -0.05) is 63.3 Å². The van der Waals surface area contributed by atoms with Crippen LogP contribution in [0.3, 0.4) is 0 Å². The van der Waals surface area contributed by atoms with Crippen molar-refractivity contribution in [3.8, 4) is 0 Å². The average Bonchev–Trinajstić information content (AvgIpc) is 2.64. The topological polar surface area (TPSA) is 29.3 Å². The van der Waals surface area contributed by atoms with E-state index in [4.69, 9.17) is 5.73 Å². The number of hydrogen-bond donors (Lipinski definition) is 1. The van der Waals surface area contributed by atoms with E-state index in [2.05, 4.69) is 81.0 Å². The maximum absolute atomic E-state index is 5.86. The highest BCUT2D eigenvalue weighted by Crippen LogP contribution is 2.30. The van der Waals surface area contributed by atoms with Crippen molar-refractivity contribution < 1.29 is 0 Å². The predicted molar refractivity (Wildman–Crippen MR) is 120 cm³/mol. The molecule has 2 rings (SSSR count). The van der Waals surface area contributed by atoms with Crippen LogP contribution in [0.2, 0.25) is 0 Å². The molecule has 3 heteroatoms. The van der Waals surface area contributed by atoms with Crippen LogP contribution in [0, 0.1) is 5.92 Å². The van der Waals surface area contributed by atoms with E-state index in [1.54, 1.807) is 11.8 Å². The predicted octanol–water partition coefficient (Wildman–Crippen LogP) is 6.07. The van der Waals surface area contributed by atoms with Gasteiger partial charge in [0.2, 0.25) is 0 Å². The first-order valence-electron chi connectivity index (χ1n) is 9.69. The molecule has 1 aromatic rings. The first-order valence-corrected chi connectivity index (χ1v) is 10.9. The van der Waals surface area contributed by atoms with Crippen LogP contribution in [0.4, 0.5) is 0 Å². The third kappa shape index (κ3) is 7.43. The number of likely N-dealkylation sites (tertiary alicyclic amines) is 1. The molecule has 1 fully saturated rings. The minimum atomic E-state index is 0.498. The molecule has 1 aromatic carbocycles. The zero-order chi connectivity index (χ0) is 19.4. The molecule has 0 aliphatic carbocycles. The van der Waals surface area contributed by atoms with Gasteiger partial charge in [-0.25, -0.2) is 0 Å². The molecule has 1 aliphatic rings. The van der Waals surface area contributed by atoms with E-state index in [1.807, 2.05) is 0 Å². The molecular formula is C23H36N2S. The van der Waals surface area contributed by atoms with Crippen molar-refractivity contribution >= 4 is 16.7 Å². The summed E-state index contributed by atoms with van der Waals surface area (Å²) < 4.78 is 0. The monoisotopic (exact) mass is 372 g/mol. The second-order valence-corrected chi connectivity index (χ2v) is 7.60. The van der Waals surface area contributed by atoms with Crippen molar-refractivity contribution in [1.29, 1.82) is 0 Å². The van der Waals surface area contributed by atoms with Gasteiger partial charge in [-0.3, -0.25) is 4.90 Å². The van der Waals surface area contributed by atoms with Crippen LogP contribution in [0.1, 0.15) is 51.2 Å². The van der Waals surface area contributed by atoms with Gasteiger partial charge in [0.15, 0.2) is 0 Å². The number of nitrogens with two attached hydrogens (primary N) is 1. The lowest BCUT2D eigenvalue weighted by atomic mass is 9.94. The summed E-state index contributed by atoms with van der Waals surface area (Å²) in [7, 11) is 0. The van der Waals surface area contributed by atoms with E-state index in [-0.39, 0.29) is 0 Å². The Morgan fingerprint density at radius 3 is 2.42 bits per heavy atom. The molecule has 0 amide bonds. The van der Waals surface area contributed by atoms with E-state index in [0.717, 1.165) is 38.2 Å². The van der Waals surface area contributed by atoms with Crippen LogP contribution in [-0.2, 0) is 6.54 Å². The molecule has 1 aliphatic heterocycles. The second-order valence-electron chi connectivity index (χ2n) is 6.75. The lowest BCUT2D eigenvalue weighted by Crippen LogP contribution is -2.34. The van der Waals surface area contributed by atoms with E-state index in [0.29, 0.717) is 5.92 Å². The van der Waals surface area contributed by atoms with Gasteiger partial charge < -0.3 is 5.73 Å². The van der Waals surface area contributed by atoms with Crippen molar-refractivity contribution in [2.24, 2.45) is 11.7 Å². The number of hydrogen-bond acceptors (Lipinski definition) is 3. The molecule has 0 saturated carbocycles. The minimum Gasteiger partial charge on any atom is -0.402 e. The van der Waals surface area contributed by atoms with Crippen molar-refractivity contribution in [3.05, 3.63) is 65.9 Å². The van der Waals surface area contributed by atoms with Crippen molar-refractivity contribution in [1.82, 2.24) is 4.90 Å². The van der Waals surface area contributed by atoms with Gasteiger partial charge in [-0.2, -0.15) is 0 Å². The first-order chi connectivity index (χ1) is 12.6. The SMILES string of the molecule is C=C(N)C1CCN(Cc2ccccc2/C(=C/C=CC)SC)CC1.CCC. The molecule has 0 radical (unpaired) electrons. The minimum absolute atomic E-state index is 0.498. The fraction of sp³-hybridized carbons (Fsp3) is 0.478. The highest BCUT2D eigenvalue weighted by molar-refractivity contribution is 8.07. The van der Waals surface area contributed by atoms with Gasteiger partial charge in [0.1, 0.15) is 0 Å². The molecule has 0 bridgehead atoms. The lowest BCUT2D eigenvalue weighted by molar-refractivity contribution is 0.191. The van der Waals surface area contributed by atoms with Crippen molar-refractivity contribution in [3.63, 3.8) is 0 Å². The van der Waals surface area contributed by atoms with Crippen molar-refractivity contribution in [2.75, 3.05) is 19.3 Å². The molecule has 26 heavy (non-hydrogen) atoms. The number of piperidine rings is 1. The van der Waals surface area contributed by atoms with Crippen LogP contribution in [0.5, 0.6) is 0 Å². The summed E-state index contributed by atoms with van der Waals surface area (Å²) in [6.07, 6.45) is 12.0. The lowest BCUT2D eigenvalue weighted by Gasteiger charge is -2.32. The van der Waals surface area contributed by atoms with Gasteiger partial charge in [0.05, 0.1) is 0 Å². The smallest absolute Gasteiger partial charge is 0.0240 e. The zero-order valence-corrected chi connectivity index (χ0v) is 17.8. The van der Waals surface area contributed by atoms with Gasteiger partial charge in [0.25, 0.3) is 0 Å². The Bertz CT molecular complexity index is 596. The molecular weight excluding hydrogens is 336 g/mol. The van der Waals surface area contributed by atoms with Gasteiger partial charge >= 0.3 is 0 Å². The average molecular weight is 373 g/mol. The molecule has 1 heterocycles. The van der Waals surface area contributed by atoms with Crippen LogP contribution < -0.4 is 5.73 Å². The highest BCUT2D eigenvalue weighted by atomic mass is 32.2. The Kier molecular flexibility index (Phi) is 11.1. The van der Waals surface area contributed by atoms with Gasteiger partial charge in [-0.05, 0) is 56.3 Å². The number of allylic oxidation sites excluding steroid dienone is 4. The van der Waals surface area contributed by atoms with Gasteiger partial charge in [-0.15, -0.1) is 11.8 Å². The quantitative estimate of drug-likeness (QED) is 0.615. The summed E-state index contributed by atoms with van der Waals surface area (Å²) in [4.78, 5) is 3.86. The van der Waals surface area contributed by atoms with Crippen LogP contribution >= 0.6 is 11.8 Å². The molecule has 2 N–H and O–H groups in total. The Morgan fingerprint density at radius 2 is 1.88 bits per heavy atom. The van der Waals surface area contributed by atoms with Gasteiger partial charge in [0, 0.05) is 23.1 Å². The number of thioether (sulfide) groups is 1. The van der Waals surface area contributed by atoms with E-state index >= 15 is 0 Å². The Balaban J connectivity index is 0.00000105. The van der Waals surface area contributed by atoms with Crippen molar-refractivity contribution in [2.45, 2.75) is 46.6 Å². The normalized spacial score (nSPS) is 16.4. The Labute approximate surface area is 165 Å². The molecule has 0 unspecified atom stereocenters. The summed E-state index contributed by atoms with van der Waals surface area (Å²) >= 11 is 1.81. The molecule has 1 saturated heterocycles. The standard InChI is InChI=1S/C20H28N2S.C3H8/c1-4-5-10-20(23-3)19-9-7-6-8-18(19)15-22-13-11-17(12-14-22)16(2)21;1-3-2/h4-10,17H,2,11-15,21H2,1,3H3;3H2,1-2H3/b5-4?,20-10-;. The zero-order valence-electron chi connectivity index (χ0n) is 17.0. The Hall–Kier alpha value is -1.45. The molecule has 2 nitrogen and oxygen atoms in total. The number of rotatable bonds is 6. The maximum Gasteiger partial charge on any atom is 0.0240 e. The van der Waals surface area contributed by atoms with E-state index in [9.17, 15) is 0 Å². The molecule has 144 valence electrons. The summed E-state index contributed by atoms with van der Waals surface area (Å²) in [5, 5.41) is 0. The first kappa shape index (κ1) is 22.6. The third-order valence-corrected chi connectivity index (χ3v) is 5.24. The summed E-state index contributed by atoms with van der Waals surface area (Å²) in [6, 6.07) is 8.75. The highest BCUT2D eigenvalue weighted by Gasteiger charge is 2.20. The van der Waals surface area contributed by atoms with E-state index in [1.165, 1.54) is 22.5 Å². The fourth-order valence-electron chi connectivity index (χ4n) is 3.05. The largest absolute Gasteiger partial charge is 0.402 e. The fourth-order valence-corrected chi connectivity index (χ4v) is 3.69. The number of nitrogens with zero attached hydrogens (tertiary/aromatic N) is 1. The van der Waals surface area contributed by atoms with E-state index < -0.39 is 0 Å². The molecule has 0 atom stereocenters. The van der Waals surface area contributed by atoms with Crippen LogP contribution in [0.25, 0.3) is 4.91 Å². The molecule has 0 aromatic heterocycles. The van der Waals surface area contributed by atoms with Crippen LogP contribution in [0.15, 0.2) is 54.8 Å². The summed E-state index contributed by atoms with van der Waals surface area (Å²) in [5.74, 6) is 0.498. The summed E-state index contributed by atoms with van der Waals surface area (Å²) in [5.41, 5.74) is 9.47. The second kappa shape index (κ2) is 12.8. The third-order valence-electron chi connectivity index (χ3n) is 4.45.